The molecule has 1 amide bonds. The van der Waals surface area contributed by atoms with Gasteiger partial charge in [0.2, 0.25) is 0 Å². The molecule has 3 rings (SSSR count). The zero-order valence-corrected chi connectivity index (χ0v) is 12.1. The number of aromatic nitrogens is 1. The number of carbonyl (C=O) groups excluding carboxylic acids is 1. The molecule has 1 saturated carbocycles. The van der Waals surface area contributed by atoms with Crippen LogP contribution in [0, 0.1) is 5.92 Å². The first kappa shape index (κ1) is 13.2. The molecule has 1 aromatic heterocycles. The Morgan fingerprint density at radius 3 is 2.85 bits per heavy atom. The maximum Gasteiger partial charge on any atom is 0.255 e. The molecule has 3 nitrogen and oxygen atoms in total. The van der Waals surface area contributed by atoms with Gasteiger partial charge in [-0.3, -0.25) is 4.79 Å². The quantitative estimate of drug-likeness (QED) is 0.904. The Hall–Kier alpha value is -1.77. The molecule has 3 heteroatoms. The first-order chi connectivity index (χ1) is 9.75. The van der Waals surface area contributed by atoms with Crippen LogP contribution in [0.4, 0.5) is 0 Å². The molecule has 106 valence electrons. The van der Waals surface area contributed by atoms with Crippen molar-refractivity contribution in [3.63, 3.8) is 0 Å². The molecule has 0 saturated heterocycles. The number of rotatable bonds is 3. The summed E-state index contributed by atoms with van der Waals surface area (Å²) in [5.74, 6) is 0.809. The number of aromatic amines is 1. The van der Waals surface area contributed by atoms with Crippen LogP contribution in [0.2, 0.25) is 0 Å². The molecule has 1 fully saturated rings. The van der Waals surface area contributed by atoms with E-state index >= 15 is 0 Å². The third-order valence-corrected chi connectivity index (χ3v) is 4.42. The van der Waals surface area contributed by atoms with Crippen LogP contribution in [0.3, 0.4) is 0 Å². The fourth-order valence-corrected chi connectivity index (χ4v) is 3.31. The lowest BCUT2D eigenvalue weighted by Crippen LogP contribution is -2.32. The smallest absolute Gasteiger partial charge is 0.255 e. The van der Waals surface area contributed by atoms with Gasteiger partial charge in [0.25, 0.3) is 5.91 Å². The number of H-pyrrole nitrogens is 1. The van der Waals surface area contributed by atoms with Gasteiger partial charge in [-0.1, -0.05) is 31.4 Å². The van der Waals surface area contributed by atoms with Crippen LogP contribution in [0.15, 0.2) is 30.5 Å². The van der Waals surface area contributed by atoms with Crippen LogP contribution in [-0.2, 0) is 0 Å². The highest BCUT2D eigenvalue weighted by Crippen LogP contribution is 2.25. The number of para-hydroxylation sites is 1. The van der Waals surface area contributed by atoms with E-state index in [1.165, 1.54) is 32.1 Å². The maximum absolute atomic E-state index is 12.6. The average molecular weight is 270 g/mol. The molecule has 1 aromatic carbocycles. The van der Waals surface area contributed by atoms with Gasteiger partial charge < -0.3 is 9.88 Å². The lowest BCUT2D eigenvalue weighted by molar-refractivity contribution is 0.0762. The normalized spacial score (nSPS) is 16.4. The summed E-state index contributed by atoms with van der Waals surface area (Å²) in [5, 5.41) is 1.10. The highest BCUT2D eigenvalue weighted by molar-refractivity contribution is 6.05. The summed E-state index contributed by atoms with van der Waals surface area (Å²) in [6, 6.07) is 7.91. The minimum atomic E-state index is 0.128. The van der Waals surface area contributed by atoms with Crippen LogP contribution in [0.1, 0.15) is 42.5 Å². The molecular weight excluding hydrogens is 248 g/mol. The van der Waals surface area contributed by atoms with Gasteiger partial charge >= 0.3 is 0 Å². The highest BCUT2D eigenvalue weighted by Gasteiger charge is 2.20. The SMILES string of the molecule is CN(CC1CCCCC1)C(=O)c1cccc2cc[nH]c12. The van der Waals surface area contributed by atoms with Gasteiger partial charge in [-0.2, -0.15) is 0 Å². The van der Waals surface area contributed by atoms with Crippen molar-refractivity contribution in [1.82, 2.24) is 9.88 Å². The van der Waals surface area contributed by atoms with Gasteiger partial charge in [0.05, 0.1) is 11.1 Å². The third kappa shape index (κ3) is 2.58. The lowest BCUT2D eigenvalue weighted by Gasteiger charge is -2.27. The van der Waals surface area contributed by atoms with Crippen LogP contribution in [0.5, 0.6) is 0 Å². The van der Waals surface area contributed by atoms with Gasteiger partial charge in [0, 0.05) is 25.2 Å². The van der Waals surface area contributed by atoms with Crippen LogP contribution < -0.4 is 0 Å². The van der Waals surface area contributed by atoms with E-state index in [1.54, 1.807) is 0 Å². The number of fused-ring (bicyclic) bond motifs is 1. The van der Waals surface area contributed by atoms with E-state index in [9.17, 15) is 4.79 Å². The zero-order chi connectivity index (χ0) is 13.9. The number of hydrogen-bond donors (Lipinski definition) is 1. The molecule has 0 unspecified atom stereocenters. The Balaban J connectivity index is 1.75. The summed E-state index contributed by atoms with van der Waals surface area (Å²) in [6.45, 7) is 0.885. The van der Waals surface area contributed by atoms with E-state index in [-0.39, 0.29) is 5.91 Å². The Bertz CT molecular complexity index is 596. The second-order valence-corrected chi connectivity index (χ2v) is 5.94. The summed E-state index contributed by atoms with van der Waals surface area (Å²) in [6.07, 6.45) is 8.42. The number of hydrogen-bond acceptors (Lipinski definition) is 1. The second-order valence-electron chi connectivity index (χ2n) is 5.94. The number of benzene rings is 1. The monoisotopic (exact) mass is 270 g/mol. The minimum Gasteiger partial charge on any atom is -0.361 e. The number of carbonyl (C=O) groups is 1. The number of amides is 1. The van der Waals surface area contributed by atoms with Crippen molar-refractivity contribution >= 4 is 16.8 Å². The number of nitrogens with one attached hydrogen (secondary N) is 1. The Morgan fingerprint density at radius 1 is 1.25 bits per heavy atom. The predicted molar refractivity (Wildman–Crippen MR) is 81.8 cm³/mol. The van der Waals surface area contributed by atoms with Crippen molar-refractivity contribution < 1.29 is 4.79 Å². The molecule has 0 aliphatic heterocycles. The molecule has 0 atom stereocenters. The van der Waals surface area contributed by atoms with E-state index in [2.05, 4.69) is 4.98 Å². The predicted octanol–water partition coefficient (Wildman–Crippen LogP) is 3.82. The van der Waals surface area contributed by atoms with Gasteiger partial charge in [-0.25, -0.2) is 0 Å². The average Bonchev–Trinajstić information content (AvgIpc) is 2.96. The summed E-state index contributed by atoms with van der Waals surface area (Å²) in [4.78, 5) is 17.7. The van der Waals surface area contributed by atoms with Crippen molar-refractivity contribution in [1.29, 1.82) is 0 Å². The minimum absolute atomic E-state index is 0.128. The van der Waals surface area contributed by atoms with Crippen molar-refractivity contribution in [2.24, 2.45) is 5.92 Å². The van der Waals surface area contributed by atoms with E-state index in [0.717, 1.165) is 23.0 Å². The van der Waals surface area contributed by atoms with Gasteiger partial charge in [-0.15, -0.1) is 0 Å². The Morgan fingerprint density at radius 2 is 2.05 bits per heavy atom. The summed E-state index contributed by atoms with van der Waals surface area (Å²) in [5.41, 5.74) is 1.74. The topological polar surface area (TPSA) is 36.1 Å². The van der Waals surface area contributed by atoms with Crippen molar-refractivity contribution in [2.45, 2.75) is 32.1 Å². The Labute approximate surface area is 120 Å². The lowest BCUT2D eigenvalue weighted by atomic mass is 9.89. The Kier molecular flexibility index (Phi) is 3.77. The molecule has 1 aliphatic carbocycles. The largest absolute Gasteiger partial charge is 0.361 e. The molecule has 1 N–H and O–H groups in total. The second kappa shape index (κ2) is 5.70. The van der Waals surface area contributed by atoms with Gasteiger partial charge in [0.15, 0.2) is 0 Å². The zero-order valence-electron chi connectivity index (χ0n) is 12.1. The first-order valence-electron chi connectivity index (χ1n) is 7.57. The summed E-state index contributed by atoms with van der Waals surface area (Å²) >= 11 is 0. The highest BCUT2D eigenvalue weighted by atomic mass is 16.2. The van der Waals surface area contributed by atoms with Crippen molar-refractivity contribution in [2.75, 3.05) is 13.6 Å². The molecule has 20 heavy (non-hydrogen) atoms. The molecular formula is C17H22N2O. The maximum atomic E-state index is 12.6. The summed E-state index contributed by atoms with van der Waals surface area (Å²) in [7, 11) is 1.93. The van der Waals surface area contributed by atoms with Crippen molar-refractivity contribution in [3.05, 3.63) is 36.0 Å². The van der Waals surface area contributed by atoms with Crippen molar-refractivity contribution in [3.8, 4) is 0 Å². The molecule has 0 spiro atoms. The first-order valence-corrected chi connectivity index (χ1v) is 7.57. The molecule has 1 aliphatic rings. The summed E-state index contributed by atoms with van der Waals surface area (Å²) < 4.78 is 0. The van der Waals surface area contributed by atoms with Crippen LogP contribution in [-0.4, -0.2) is 29.4 Å². The van der Waals surface area contributed by atoms with E-state index < -0.39 is 0 Å². The van der Waals surface area contributed by atoms with Crippen LogP contribution in [0.25, 0.3) is 10.9 Å². The third-order valence-electron chi connectivity index (χ3n) is 4.42. The van der Waals surface area contributed by atoms with E-state index in [1.807, 2.05) is 42.4 Å². The number of nitrogens with zero attached hydrogens (tertiary/aromatic N) is 1. The standard InChI is InChI=1S/C17H22N2O/c1-19(12-13-6-3-2-4-7-13)17(20)15-9-5-8-14-10-11-18-16(14)15/h5,8-11,13,18H,2-4,6-7,12H2,1H3. The van der Waals surface area contributed by atoms with E-state index in [4.69, 9.17) is 0 Å². The molecule has 0 bridgehead atoms. The molecule has 1 heterocycles. The van der Waals surface area contributed by atoms with Gasteiger partial charge in [-0.05, 0) is 30.9 Å². The van der Waals surface area contributed by atoms with E-state index in [0.29, 0.717) is 5.92 Å². The fourth-order valence-electron chi connectivity index (χ4n) is 3.31. The van der Waals surface area contributed by atoms with Crippen LogP contribution >= 0.6 is 0 Å². The fraction of sp³-hybridized carbons (Fsp3) is 0.471. The molecule has 0 radical (unpaired) electrons. The molecule has 2 aromatic rings. The van der Waals surface area contributed by atoms with Gasteiger partial charge in [0.1, 0.15) is 0 Å².